The Morgan fingerprint density at radius 3 is 2.45 bits per heavy atom. The number of amides is 1. The number of carbonyl (C=O) groups excluding carboxylic acids is 2. The number of nitrogen functional groups attached to an aromatic ring is 1. The van der Waals surface area contributed by atoms with E-state index in [1.54, 1.807) is 6.07 Å². The van der Waals surface area contributed by atoms with Crippen molar-refractivity contribution in [2.75, 3.05) is 50.0 Å². The van der Waals surface area contributed by atoms with Crippen molar-refractivity contribution in [3.63, 3.8) is 0 Å². The van der Waals surface area contributed by atoms with Gasteiger partial charge in [-0.2, -0.15) is 8.62 Å². The number of hydrogen-bond donors (Lipinski definition) is 7. The maximum Gasteiger partial charge on any atom is 0.490 e. The van der Waals surface area contributed by atoms with E-state index in [1.807, 2.05) is 0 Å². The molecule has 382 valence electrons. The zero-order chi connectivity index (χ0) is 51.1. The Kier molecular flexibility index (Phi) is 12.7. The Labute approximate surface area is 415 Å². The van der Waals surface area contributed by atoms with Crippen molar-refractivity contribution < 1.29 is 75.7 Å². The molecule has 8 N–H and O–H groups in total. The number of nitrogens with two attached hydrogens (primary N) is 1. The molecule has 2 aromatic heterocycles. The number of aromatic nitrogens is 3. The lowest BCUT2D eigenvalue weighted by Gasteiger charge is -2.39. The maximum atomic E-state index is 14.1. The molecule has 6 aliphatic rings. The number of anilines is 2. The molecule has 0 bridgehead atoms. The van der Waals surface area contributed by atoms with Crippen LogP contribution in [0.5, 0.6) is 11.5 Å². The van der Waals surface area contributed by atoms with Gasteiger partial charge in [0.15, 0.2) is 0 Å². The zero-order valence-electron chi connectivity index (χ0n) is 38.8. The summed E-state index contributed by atoms with van der Waals surface area (Å²) in [4.78, 5) is 75.0. The van der Waals surface area contributed by atoms with Gasteiger partial charge in [0.05, 0.1) is 41.7 Å². The Balaban J connectivity index is 0.884. The van der Waals surface area contributed by atoms with Gasteiger partial charge in [-0.1, -0.05) is 17.9 Å². The lowest BCUT2D eigenvalue weighted by molar-refractivity contribution is -0.255. The molecule has 0 radical (unpaired) electrons. The van der Waals surface area contributed by atoms with E-state index in [2.05, 4.69) is 61.9 Å². The molecule has 1 fully saturated rings. The Hall–Kier alpha value is -5.82. The first-order valence-corrected chi connectivity index (χ1v) is 28.1. The number of nitrogens with one attached hydrogen (secondary N) is 1. The summed E-state index contributed by atoms with van der Waals surface area (Å²) in [6.07, 6.45) is 6.19. The van der Waals surface area contributed by atoms with Crippen molar-refractivity contribution in [2.45, 2.75) is 76.2 Å². The van der Waals surface area contributed by atoms with Crippen LogP contribution in [0.15, 0.2) is 42.9 Å². The number of fused-ring (bicyclic) bond motifs is 5. The highest BCUT2D eigenvalue weighted by Crippen LogP contribution is 2.66. The highest BCUT2D eigenvalue weighted by atomic mass is 31.3. The highest BCUT2D eigenvalue weighted by Gasteiger charge is 2.44. The molecule has 0 spiro atoms. The largest absolute Gasteiger partial charge is 0.545 e. The number of aromatic carboxylic acids is 1. The van der Waals surface area contributed by atoms with Gasteiger partial charge in [-0.25, -0.2) is 28.2 Å². The topological polar surface area (TPSA) is 331 Å². The molecule has 26 heteroatoms. The normalized spacial score (nSPS) is 21.4. The summed E-state index contributed by atoms with van der Waals surface area (Å²) < 4.78 is 64.2. The number of nitrogens with zero attached hydrogens (tertiary/aromatic N) is 5. The van der Waals surface area contributed by atoms with Crippen LogP contribution in [-0.2, 0) is 57.3 Å². The quantitative estimate of drug-likeness (QED) is 0.0520. The average molecular weight is 1060 g/mol. The Morgan fingerprint density at radius 1 is 0.918 bits per heavy atom. The predicted octanol–water partition coefficient (Wildman–Crippen LogP) is 1.59. The highest BCUT2D eigenvalue weighted by molar-refractivity contribution is 7.66. The summed E-state index contributed by atoms with van der Waals surface area (Å²) in [6, 6.07) is 8.78. The van der Waals surface area contributed by atoms with E-state index in [-0.39, 0.29) is 35.6 Å². The summed E-state index contributed by atoms with van der Waals surface area (Å²) >= 11 is 0. The fourth-order valence-electron chi connectivity index (χ4n) is 11.2. The molecule has 11 rings (SSSR count). The van der Waals surface area contributed by atoms with E-state index >= 15 is 0 Å². The van der Waals surface area contributed by atoms with Crippen LogP contribution in [0, 0.1) is 11.8 Å². The van der Waals surface area contributed by atoms with E-state index in [1.165, 1.54) is 51.4 Å². The van der Waals surface area contributed by atoms with Crippen molar-refractivity contribution in [3.8, 4) is 23.3 Å². The van der Waals surface area contributed by atoms with Gasteiger partial charge in [0.25, 0.3) is 5.91 Å². The molecule has 2 unspecified atom stereocenters. The van der Waals surface area contributed by atoms with Crippen LogP contribution >= 0.6 is 23.5 Å². The van der Waals surface area contributed by atoms with Crippen LogP contribution in [0.2, 0.25) is 0 Å². The second-order valence-corrected chi connectivity index (χ2v) is 23.0. The number of aliphatic hydroxyl groups excluding tert-OH is 1. The molecule has 1 saturated heterocycles. The summed E-state index contributed by atoms with van der Waals surface area (Å²) in [5.41, 5.74) is 14.6. The first-order valence-electron chi connectivity index (χ1n) is 23.6. The molecule has 3 aromatic carbocycles. The van der Waals surface area contributed by atoms with Gasteiger partial charge in [-0.15, -0.1) is 0 Å². The van der Waals surface area contributed by atoms with E-state index < -0.39 is 60.4 Å². The minimum Gasteiger partial charge on any atom is -0.545 e. The van der Waals surface area contributed by atoms with E-state index in [9.17, 15) is 43.3 Å². The third-order valence-electron chi connectivity index (χ3n) is 14.0. The summed E-state index contributed by atoms with van der Waals surface area (Å²) in [6.45, 7) is 2.79. The molecule has 0 saturated carbocycles. The van der Waals surface area contributed by atoms with Crippen molar-refractivity contribution in [2.24, 2.45) is 0 Å². The van der Waals surface area contributed by atoms with Gasteiger partial charge in [0.1, 0.15) is 54.7 Å². The van der Waals surface area contributed by atoms with Crippen LogP contribution in [0.1, 0.15) is 98.0 Å². The summed E-state index contributed by atoms with van der Waals surface area (Å²) in [5, 5.41) is 29.0. The van der Waals surface area contributed by atoms with Crippen molar-refractivity contribution in [3.05, 3.63) is 104 Å². The van der Waals surface area contributed by atoms with E-state index in [0.717, 1.165) is 111 Å². The first kappa shape index (κ1) is 49.4. The van der Waals surface area contributed by atoms with Gasteiger partial charge >= 0.3 is 23.5 Å². The zero-order valence-corrected chi connectivity index (χ0v) is 41.4. The van der Waals surface area contributed by atoms with Gasteiger partial charge in [0, 0.05) is 82.8 Å². The van der Waals surface area contributed by atoms with Crippen LogP contribution in [-0.4, -0.2) is 103 Å². The van der Waals surface area contributed by atoms with Gasteiger partial charge in [-0.05, 0) is 73.9 Å². The molecule has 23 nitrogen and oxygen atoms in total. The lowest BCUT2D eigenvalue weighted by atomic mass is 9.81. The number of carbonyl (C=O) groups is 2. The summed E-state index contributed by atoms with van der Waals surface area (Å²) in [7, 11) is -16.9. The third kappa shape index (κ3) is 9.41. The number of phosphoric ester groups is 1. The van der Waals surface area contributed by atoms with E-state index in [0.29, 0.717) is 22.1 Å². The Morgan fingerprint density at radius 2 is 1.67 bits per heavy atom. The maximum absolute atomic E-state index is 14.1. The smallest absolute Gasteiger partial charge is 0.490 e. The molecule has 73 heavy (non-hydrogen) atoms. The molecular weight excluding hydrogens is 1010 g/mol. The number of ether oxygens (including phenoxy) is 2. The van der Waals surface area contributed by atoms with Gasteiger partial charge in [0.2, 0.25) is 5.36 Å². The number of rotatable bonds is 12. The molecule has 6 aliphatic heterocycles. The number of aliphatic hydroxyl groups is 1. The molecule has 5 aromatic rings. The number of benzene rings is 3. The number of phosphoric acid groups is 3. The van der Waals surface area contributed by atoms with Crippen LogP contribution in [0.25, 0.3) is 16.6 Å². The minimum atomic E-state index is -5.78. The molecule has 8 heterocycles. The second-order valence-electron chi connectivity index (χ2n) is 18.6. The minimum absolute atomic E-state index is 0.0402. The fraction of sp³-hybridized carbons (Fsp3) is 0.383. The standard InChI is InChI=1S/C47H48N7O16P3/c48-44-38-28(22-54(45(38)51-24-50-44)37-21-35(55)36(67-37)23-66-72(62,63)70-73(64,65)69-71(59,60)61)6-1-13-49-46(56)27-11-12-29(47(57)58)32(20-27)39-33-18-25-7-2-14-52-16-4-9-30(40(25)52)42(33)68-43-31-10-5-17-53-15-3-8-26(41(31)53)19-34(39)43/h11-12,18-20,22,24,35-37,55H,2-5,7-10,13-17,21,23H2,(H7-,48,49,50,51,56,57,58,59,60,61,62,63,64,65)/t35-,36+,37+/m0/s1. The third-order valence-corrected chi connectivity index (χ3v) is 17.8. The summed E-state index contributed by atoms with van der Waals surface area (Å²) in [5.74, 6) is 5.50. The second kappa shape index (κ2) is 18.8. The number of hydrogen-bond acceptors (Lipinski definition) is 16. The van der Waals surface area contributed by atoms with Crippen LogP contribution in [0.3, 0.4) is 0 Å². The lowest BCUT2D eigenvalue weighted by Crippen LogP contribution is -2.45. The molecular formula is C47H48N7O16P3. The number of carboxylic acids is 1. The molecule has 5 atom stereocenters. The number of carboxylic acid groups (broad SMARTS) is 1. The monoisotopic (exact) mass is 1060 g/mol. The van der Waals surface area contributed by atoms with Gasteiger partial charge < -0.3 is 64.6 Å². The van der Waals surface area contributed by atoms with Crippen LogP contribution < -0.4 is 40.9 Å². The first-order chi connectivity index (χ1) is 34.8. The van der Waals surface area contributed by atoms with Crippen LogP contribution in [0.4, 0.5) is 11.5 Å². The number of aryl methyl sites for hydroxylation is 2. The predicted molar refractivity (Wildman–Crippen MR) is 257 cm³/mol. The average Bonchev–Trinajstić information content (AvgIpc) is 3.90. The van der Waals surface area contributed by atoms with E-state index in [4.69, 9.17) is 25.0 Å². The van der Waals surface area contributed by atoms with Crippen molar-refractivity contribution >= 4 is 63.5 Å². The van der Waals surface area contributed by atoms with Gasteiger partial charge in [-0.3, -0.25) is 9.32 Å². The molecule has 1 amide bonds. The fourth-order valence-corrected chi connectivity index (χ4v) is 14.2. The van der Waals surface area contributed by atoms with Crippen molar-refractivity contribution in [1.29, 1.82) is 0 Å². The molecule has 0 aliphatic carbocycles. The Bertz CT molecular complexity index is 3550. The van der Waals surface area contributed by atoms with Crippen molar-refractivity contribution in [1.82, 2.24) is 24.4 Å². The SMILES string of the molecule is Nc1ncnc2c1c(C#CCNC(=O)c1ccc(C(=O)[O-])c(C3=c4cc5c6c(c4Oc4c3cc3c7c4CCCN7CCC3)CCC[N+]=6CCC5)c1)cn2[C@H]1C[C@H](O)[C@@H](COP(=O)(O)OP(=O)(O)OP(=O)(O)O)O1.